The molecule has 0 amide bonds. The normalized spacial score (nSPS) is 16.3. The summed E-state index contributed by atoms with van der Waals surface area (Å²) in [5, 5.41) is 4.11. The summed E-state index contributed by atoms with van der Waals surface area (Å²) in [6, 6.07) is 3.28. The standard InChI is InChI=1S/C18H20N4O4/c1-24-13-7-12-9(16(25-2)17(13)26-3)6-10(18(23)22-12)14-15-11(4-5-19-14)20-8-21-15/h6-8,14,19H,4-5H2,1-3H3,(H,20,21)(H,22,23). The number of hydrogen-bond donors (Lipinski definition) is 3. The molecule has 136 valence electrons. The number of H-pyrrole nitrogens is 2. The van der Waals surface area contributed by atoms with E-state index in [1.165, 1.54) is 0 Å². The Morgan fingerprint density at radius 3 is 2.65 bits per heavy atom. The second kappa shape index (κ2) is 6.38. The van der Waals surface area contributed by atoms with E-state index in [1.807, 2.05) is 6.07 Å². The first-order chi connectivity index (χ1) is 12.7. The molecule has 1 aliphatic heterocycles. The van der Waals surface area contributed by atoms with Crippen molar-refractivity contribution in [2.45, 2.75) is 12.5 Å². The van der Waals surface area contributed by atoms with E-state index in [1.54, 1.807) is 33.7 Å². The molecule has 1 atom stereocenters. The zero-order valence-corrected chi connectivity index (χ0v) is 14.8. The number of aromatic nitrogens is 3. The minimum Gasteiger partial charge on any atom is -0.493 e. The van der Waals surface area contributed by atoms with E-state index in [0.717, 1.165) is 29.7 Å². The average molecular weight is 356 g/mol. The first kappa shape index (κ1) is 16.5. The average Bonchev–Trinajstić information content (AvgIpc) is 3.14. The van der Waals surface area contributed by atoms with E-state index >= 15 is 0 Å². The fourth-order valence-corrected chi connectivity index (χ4v) is 3.53. The van der Waals surface area contributed by atoms with Crippen LogP contribution in [-0.2, 0) is 6.42 Å². The molecule has 8 heteroatoms. The molecule has 0 saturated carbocycles. The predicted molar refractivity (Wildman–Crippen MR) is 96.4 cm³/mol. The topological polar surface area (TPSA) is 101 Å². The number of pyridine rings is 1. The van der Waals surface area contributed by atoms with Crippen LogP contribution in [0.4, 0.5) is 0 Å². The van der Waals surface area contributed by atoms with E-state index in [0.29, 0.717) is 28.3 Å². The number of nitrogens with zero attached hydrogens (tertiary/aromatic N) is 1. The smallest absolute Gasteiger partial charge is 0.253 e. The van der Waals surface area contributed by atoms with Crippen LogP contribution in [0.25, 0.3) is 10.9 Å². The second-order valence-corrected chi connectivity index (χ2v) is 6.06. The number of methoxy groups -OCH3 is 3. The van der Waals surface area contributed by atoms with Crippen molar-refractivity contribution in [2.75, 3.05) is 27.9 Å². The number of rotatable bonds is 4. The lowest BCUT2D eigenvalue weighted by Gasteiger charge is -2.23. The molecular weight excluding hydrogens is 336 g/mol. The van der Waals surface area contributed by atoms with Crippen LogP contribution >= 0.6 is 0 Å². The molecule has 8 nitrogen and oxygen atoms in total. The van der Waals surface area contributed by atoms with E-state index < -0.39 is 0 Å². The van der Waals surface area contributed by atoms with Gasteiger partial charge in [0.15, 0.2) is 11.5 Å². The maximum Gasteiger partial charge on any atom is 0.253 e. The lowest BCUT2D eigenvalue weighted by atomic mass is 9.97. The Morgan fingerprint density at radius 1 is 1.12 bits per heavy atom. The summed E-state index contributed by atoms with van der Waals surface area (Å²) in [6.07, 6.45) is 2.51. The fourth-order valence-electron chi connectivity index (χ4n) is 3.53. The van der Waals surface area contributed by atoms with Crippen molar-refractivity contribution in [1.82, 2.24) is 20.3 Å². The Balaban J connectivity index is 1.96. The van der Waals surface area contributed by atoms with Gasteiger partial charge >= 0.3 is 0 Å². The van der Waals surface area contributed by atoms with Gasteiger partial charge in [0.1, 0.15) is 0 Å². The molecule has 3 heterocycles. The van der Waals surface area contributed by atoms with Crippen LogP contribution in [0.15, 0.2) is 23.3 Å². The minimum atomic E-state index is -0.282. The van der Waals surface area contributed by atoms with Gasteiger partial charge in [-0.3, -0.25) is 4.79 Å². The van der Waals surface area contributed by atoms with Crippen molar-refractivity contribution >= 4 is 10.9 Å². The highest BCUT2D eigenvalue weighted by Crippen LogP contribution is 2.43. The summed E-state index contributed by atoms with van der Waals surface area (Å²) >= 11 is 0. The molecule has 1 aromatic carbocycles. The van der Waals surface area contributed by atoms with Crippen molar-refractivity contribution in [3.05, 3.63) is 45.8 Å². The summed E-state index contributed by atoms with van der Waals surface area (Å²) in [5.41, 5.74) is 2.91. The lowest BCUT2D eigenvalue weighted by molar-refractivity contribution is 0.327. The Bertz CT molecular complexity index is 1020. The molecule has 26 heavy (non-hydrogen) atoms. The van der Waals surface area contributed by atoms with Crippen LogP contribution in [0.1, 0.15) is 23.0 Å². The number of nitrogens with one attached hydrogen (secondary N) is 3. The predicted octanol–water partition coefficient (Wildman–Crippen LogP) is 1.51. The van der Waals surface area contributed by atoms with Crippen LogP contribution in [0.2, 0.25) is 0 Å². The molecule has 0 spiro atoms. The number of imidazole rings is 1. The number of fused-ring (bicyclic) bond motifs is 2. The summed E-state index contributed by atoms with van der Waals surface area (Å²) in [5.74, 6) is 1.49. The van der Waals surface area contributed by atoms with E-state index in [-0.39, 0.29) is 11.6 Å². The largest absolute Gasteiger partial charge is 0.493 e. The molecule has 3 N–H and O–H groups in total. The van der Waals surface area contributed by atoms with Gasteiger partial charge in [0, 0.05) is 35.7 Å². The van der Waals surface area contributed by atoms with Crippen LogP contribution in [0.3, 0.4) is 0 Å². The van der Waals surface area contributed by atoms with Crippen LogP contribution in [0.5, 0.6) is 17.2 Å². The Hall–Kier alpha value is -3.00. The first-order valence-electron chi connectivity index (χ1n) is 8.29. The van der Waals surface area contributed by atoms with Gasteiger partial charge < -0.3 is 29.5 Å². The Morgan fingerprint density at radius 2 is 1.92 bits per heavy atom. The fraction of sp³-hybridized carbons (Fsp3) is 0.333. The molecular formula is C18H20N4O4. The third-order valence-electron chi connectivity index (χ3n) is 4.74. The van der Waals surface area contributed by atoms with Gasteiger partial charge in [-0.15, -0.1) is 0 Å². The van der Waals surface area contributed by atoms with Crippen molar-refractivity contribution in [3.8, 4) is 17.2 Å². The van der Waals surface area contributed by atoms with Crippen molar-refractivity contribution in [3.63, 3.8) is 0 Å². The summed E-state index contributed by atoms with van der Waals surface area (Å²) in [4.78, 5) is 23.2. The zero-order valence-electron chi connectivity index (χ0n) is 14.8. The third-order valence-corrected chi connectivity index (χ3v) is 4.74. The highest BCUT2D eigenvalue weighted by Gasteiger charge is 2.27. The molecule has 2 aromatic heterocycles. The van der Waals surface area contributed by atoms with Gasteiger partial charge in [0.25, 0.3) is 5.56 Å². The van der Waals surface area contributed by atoms with E-state index in [2.05, 4.69) is 20.3 Å². The Labute approximate surface area is 149 Å². The first-order valence-corrected chi connectivity index (χ1v) is 8.29. The molecule has 1 unspecified atom stereocenters. The lowest BCUT2D eigenvalue weighted by Crippen LogP contribution is -2.34. The summed E-state index contributed by atoms with van der Waals surface area (Å²) < 4.78 is 16.4. The Kier molecular flexibility index (Phi) is 4.04. The van der Waals surface area contributed by atoms with Gasteiger partial charge in [-0.05, 0) is 6.07 Å². The van der Waals surface area contributed by atoms with Crippen molar-refractivity contribution < 1.29 is 14.2 Å². The van der Waals surface area contributed by atoms with Crippen molar-refractivity contribution in [1.29, 1.82) is 0 Å². The second-order valence-electron chi connectivity index (χ2n) is 6.06. The maximum atomic E-state index is 12.8. The minimum absolute atomic E-state index is 0.180. The van der Waals surface area contributed by atoms with E-state index in [9.17, 15) is 4.79 Å². The summed E-state index contributed by atoms with van der Waals surface area (Å²) in [6.45, 7) is 0.764. The molecule has 0 aliphatic carbocycles. The van der Waals surface area contributed by atoms with Gasteiger partial charge in [-0.25, -0.2) is 4.98 Å². The van der Waals surface area contributed by atoms with E-state index in [4.69, 9.17) is 14.2 Å². The SMILES string of the molecule is COc1cc2[nH]c(=O)c(C3NCCc4[nH]cnc43)cc2c(OC)c1OC. The number of hydrogen-bond acceptors (Lipinski definition) is 6. The number of aromatic amines is 2. The molecule has 0 bridgehead atoms. The third kappa shape index (κ3) is 2.41. The monoisotopic (exact) mass is 356 g/mol. The van der Waals surface area contributed by atoms with Crippen molar-refractivity contribution in [2.24, 2.45) is 0 Å². The molecule has 3 aromatic rings. The molecule has 4 rings (SSSR count). The van der Waals surface area contributed by atoms with Gasteiger partial charge in [-0.1, -0.05) is 0 Å². The van der Waals surface area contributed by atoms with Gasteiger partial charge in [0.2, 0.25) is 5.75 Å². The van der Waals surface area contributed by atoms with Crippen LogP contribution < -0.4 is 25.1 Å². The van der Waals surface area contributed by atoms with Gasteiger partial charge in [-0.2, -0.15) is 0 Å². The summed E-state index contributed by atoms with van der Waals surface area (Å²) in [7, 11) is 4.66. The van der Waals surface area contributed by atoms with Gasteiger partial charge in [0.05, 0.1) is 44.9 Å². The molecule has 0 saturated heterocycles. The highest BCUT2D eigenvalue weighted by atomic mass is 16.5. The molecule has 0 radical (unpaired) electrons. The highest BCUT2D eigenvalue weighted by molar-refractivity contribution is 5.91. The number of ether oxygens (including phenoxy) is 3. The molecule has 1 aliphatic rings. The van der Waals surface area contributed by atoms with Crippen LogP contribution in [0, 0.1) is 0 Å². The zero-order chi connectivity index (χ0) is 18.3. The maximum absolute atomic E-state index is 12.8. The van der Waals surface area contributed by atoms with Crippen LogP contribution in [-0.4, -0.2) is 42.8 Å². The molecule has 0 fully saturated rings. The quantitative estimate of drug-likeness (QED) is 0.655. The number of benzene rings is 1.